The molecule has 4 aromatic rings. The van der Waals surface area contributed by atoms with E-state index in [1.54, 1.807) is 17.4 Å². The highest BCUT2D eigenvalue weighted by molar-refractivity contribution is 7.14. The summed E-state index contributed by atoms with van der Waals surface area (Å²) in [6, 6.07) is 16.4. The molecule has 0 aliphatic carbocycles. The molecule has 4 rings (SSSR count). The number of aromatic nitrogens is 2. The van der Waals surface area contributed by atoms with Crippen LogP contribution in [0.5, 0.6) is 0 Å². The zero-order valence-corrected chi connectivity index (χ0v) is 29.9. The number of carbonyl (C=O) groups excluding carboxylic acids is 1. The molecule has 0 bridgehead atoms. The Morgan fingerprint density at radius 1 is 0.723 bits per heavy atom. The second-order valence-electron chi connectivity index (χ2n) is 11.3. The van der Waals surface area contributed by atoms with Crippen LogP contribution in [0, 0.1) is 13.8 Å². The predicted octanol–water partition coefficient (Wildman–Crippen LogP) is 9.88. The van der Waals surface area contributed by atoms with Crippen molar-refractivity contribution in [2.75, 3.05) is 17.7 Å². The van der Waals surface area contributed by atoms with Crippen LogP contribution in [0.2, 0.25) is 0 Å². The number of hydrogen-bond acceptors (Lipinski definition) is 9. The zero-order chi connectivity index (χ0) is 34.5. The van der Waals surface area contributed by atoms with E-state index < -0.39 is 5.97 Å². The average molecular weight is 675 g/mol. The number of nitrogens with zero attached hydrogens (tertiary/aromatic N) is 2. The summed E-state index contributed by atoms with van der Waals surface area (Å²) < 4.78 is 4.71. The first-order valence-corrected chi connectivity index (χ1v) is 17.6. The number of carboxylic acids is 1. The fourth-order valence-electron chi connectivity index (χ4n) is 5.03. The summed E-state index contributed by atoms with van der Waals surface area (Å²) in [7, 11) is 1.39. The van der Waals surface area contributed by atoms with Crippen LogP contribution in [0.3, 0.4) is 0 Å². The molecule has 0 spiro atoms. The summed E-state index contributed by atoms with van der Waals surface area (Å²) in [6.45, 7) is 12.5. The van der Waals surface area contributed by atoms with Gasteiger partial charge in [0.25, 0.3) is 0 Å². The summed E-state index contributed by atoms with van der Waals surface area (Å²) >= 11 is 3.11. The van der Waals surface area contributed by atoms with E-state index in [0.29, 0.717) is 0 Å². The molecule has 10 heteroatoms. The van der Waals surface area contributed by atoms with Gasteiger partial charge in [-0.1, -0.05) is 75.2 Å². The van der Waals surface area contributed by atoms with Crippen molar-refractivity contribution in [3.8, 4) is 0 Å². The van der Waals surface area contributed by atoms with E-state index in [0.717, 1.165) is 58.7 Å². The Labute approximate surface area is 286 Å². The van der Waals surface area contributed by atoms with Crippen LogP contribution < -0.4 is 10.6 Å². The number of carbonyl (C=O) groups is 2. The molecule has 0 radical (unpaired) electrons. The number of aliphatic carboxylic acids is 1. The Kier molecular flexibility index (Phi) is 13.9. The van der Waals surface area contributed by atoms with Crippen molar-refractivity contribution >= 4 is 56.3 Å². The summed E-state index contributed by atoms with van der Waals surface area (Å²) in [5.74, 6) is -1.26. The Hall–Kier alpha value is -4.28. The monoisotopic (exact) mass is 674 g/mol. The van der Waals surface area contributed by atoms with E-state index in [1.807, 2.05) is 35.7 Å². The van der Waals surface area contributed by atoms with Gasteiger partial charge in [0.15, 0.2) is 10.3 Å². The third-order valence-corrected chi connectivity index (χ3v) is 9.96. The van der Waals surface area contributed by atoms with Crippen LogP contribution in [0.25, 0.3) is 0 Å². The third-order valence-electron chi connectivity index (χ3n) is 8.44. The Bertz CT molecular complexity index is 1630. The topological polar surface area (TPSA) is 113 Å². The Balaban J connectivity index is 0.000000256. The number of rotatable bonds is 14. The molecule has 0 atom stereocenters. The molecule has 0 unspecified atom stereocenters. The molecule has 250 valence electrons. The molecule has 3 N–H and O–H groups in total. The van der Waals surface area contributed by atoms with Gasteiger partial charge in [-0.2, -0.15) is 0 Å². The average Bonchev–Trinajstić information content (AvgIpc) is 3.75. The number of methoxy groups -OCH3 is 1. The lowest BCUT2D eigenvalue weighted by atomic mass is 9.79. The molecule has 0 saturated heterocycles. The maximum atomic E-state index is 11.5. The number of anilines is 4. The number of carboxylic acid groups (broad SMARTS) is 1. The molecule has 0 aliphatic heterocycles. The first-order chi connectivity index (χ1) is 22.5. The number of thiazole rings is 2. The highest BCUT2D eigenvalue weighted by atomic mass is 32.1. The minimum atomic E-state index is -0.926. The predicted molar refractivity (Wildman–Crippen MR) is 196 cm³/mol. The van der Waals surface area contributed by atoms with Gasteiger partial charge in [0.05, 0.1) is 18.5 Å². The van der Waals surface area contributed by atoms with Crippen LogP contribution >= 0.6 is 22.7 Å². The van der Waals surface area contributed by atoms with Gasteiger partial charge in [-0.25, -0.2) is 19.6 Å². The van der Waals surface area contributed by atoms with E-state index in [2.05, 4.69) is 86.8 Å². The quantitative estimate of drug-likeness (QED) is 0.0895. The largest absolute Gasteiger partial charge is 0.478 e. The van der Waals surface area contributed by atoms with Crippen molar-refractivity contribution in [3.63, 3.8) is 0 Å². The number of benzene rings is 2. The van der Waals surface area contributed by atoms with Gasteiger partial charge < -0.3 is 20.5 Å². The molecule has 0 aliphatic rings. The Morgan fingerprint density at radius 3 is 1.45 bits per heavy atom. The number of nitrogens with one attached hydrogen (secondary N) is 2. The normalized spacial score (nSPS) is 11.7. The van der Waals surface area contributed by atoms with Crippen molar-refractivity contribution in [3.05, 3.63) is 106 Å². The highest BCUT2D eigenvalue weighted by Crippen LogP contribution is 2.37. The SMILES string of the molecule is CCC(/C=C/C(=O)O)(CC)c1csc(Nc2ccc(C)cc2)n1.CCC(/C=C/C(=O)OC)(CC)c1csc(Nc2ccc(C)cc2)n1. The molecule has 2 heterocycles. The molecule has 0 fully saturated rings. The van der Waals surface area contributed by atoms with Gasteiger partial charge in [0.1, 0.15) is 0 Å². The molecule has 0 saturated carbocycles. The fourth-order valence-corrected chi connectivity index (χ4v) is 6.71. The zero-order valence-electron chi connectivity index (χ0n) is 28.3. The van der Waals surface area contributed by atoms with Crippen molar-refractivity contribution in [2.45, 2.75) is 78.1 Å². The summed E-state index contributed by atoms with van der Waals surface area (Å²) in [5, 5.41) is 21.3. The van der Waals surface area contributed by atoms with Crippen LogP contribution in [0.1, 0.15) is 75.9 Å². The molecule has 2 aromatic carbocycles. The first-order valence-electron chi connectivity index (χ1n) is 15.8. The number of esters is 1. The summed E-state index contributed by atoms with van der Waals surface area (Å²) in [6.07, 6.45) is 9.75. The van der Waals surface area contributed by atoms with Crippen LogP contribution in [-0.4, -0.2) is 34.1 Å². The smallest absolute Gasteiger partial charge is 0.330 e. The number of allylic oxidation sites excluding steroid dienone is 2. The van der Waals surface area contributed by atoms with Gasteiger partial charge in [0.2, 0.25) is 0 Å². The van der Waals surface area contributed by atoms with Crippen LogP contribution in [0.15, 0.2) is 83.6 Å². The lowest BCUT2D eigenvalue weighted by Crippen LogP contribution is -2.22. The number of aryl methyl sites for hydroxylation is 2. The number of ether oxygens (including phenoxy) is 1. The highest BCUT2D eigenvalue weighted by Gasteiger charge is 2.30. The maximum Gasteiger partial charge on any atom is 0.330 e. The van der Waals surface area contributed by atoms with Crippen molar-refractivity contribution in [1.29, 1.82) is 0 Å². The standard InChI is InChI=1S/C19H24N2O2S.C18H22N2O2S/c1-5-19(6-2,12-11-17(22)23-4)16-13-24-18(21-16)20-15-9-7-14(3)8-10-15;1-4-18(5-2,11-10-16(21)22)15-12-23-17(20-15)19-14-8-6-13(3)7-9-14/h7-13H,5-6H2,1-4H3,(H,20,21);6-12H,4-5H2,1-3H3,(H,19,20)(H,21,22)/b12-11+;11-10+. The second-order valence-corrected chi connectivity index (χ2v) is 13.0. The van der Waals surface area contributed by atoms with Crippen LogP contribution in [-0.2, 0) is 25.2 Å². The molecule has 2 aromatic heterocycles. The van der Waals surface area contributed by atoms with Gasteiger partial charge in [0, 0.05) is 45.1 Å². The molecule has 47 heavy (non-hydrogen) atoms. The van der Waals surface area contributed by atoms with Crippen molar-refractivity contribution in [2.24, 2.45) is 0 Å². The number of hydrogen-bond donors (Lipinski definition) is 3. The fraction of sp³-hybridized carbons (Fsp3) is 0.351. The maximum absolute atomic E-state index is 11.5. The van der Waals surface area contributed by atoms with Gasteiger partial charge in [-0.3, -0.25) is 0 Å². The van der Waals surface area contributed by atoms with E-state index in [4.69, 9.17) is 14.8 Å². The van der Waals surface area contributed by atoms with Gasteiger partial charge in [-0.05, 0) is 63.8 Å². The van der Waals surface area contributed by atoms with E-state index in [-0.39, 0.29) is 16.8 Å². The van der Waals surface area contributed by atoms with Gasteiger partial charge >= 0.3 is 11.9 Å². The van der Waals surface area contributed by atoms with Crippen molar-refractivity contribution in [1.82, 2.24) is 9.97 Å². The van der Waals surface area contributed by atoms with E-state index in [1.165, 1.54) is 41.7 Å². The summed E-state index contributed by atoms with van der Waals surface area (Å²) in [5.41, 5.74) is 5.77. The molecular formula is C37H46N4O4S2. The first kappa shape index (κ1) is 37.2. The second kappa shape index (κ2) is 17.6. The molecule has 8 nitrogen and oxygen atoms in total. The molecular weight excluding hydrogens is 629 g/mol. The molecule has 0 amide bonds. The van der Waals surface area contributed by atoms with Crippen molar-refractivity contribution < 1.29 is 19.4 Å². The van der Waals surface area contributed by atoms with E-state index >= 15 is 0 Å². The lowest BCUT2D eigenvalue weighted by molar-refractivity contribution is -0.135. The minimum Gasteiger partial charge on any atom is -0.478 e. The third kappa shape index (κ3) is 10.4. The summed E-state index contributed by atoms with van der Waals surface area (Å²) in [4.78, 5) is 31.8. The van der Waals surface area contributed by atoms with Crippen LogP contribution in [0.4, 0.5) is 21.6 Å². The van der Waals surface area contributed by atoms with Gasteiger partial charge in [-0.15, -0.1) is 22.7 Å². The Morgan fingerprint density at radius 2 is 1.11 bits per heavy atom. The van der Waals surface area contributed by atoms with E-state index in [9.17, 15) is 9.59 Å². The minimum absolute atomic E-state index is 0.252. The lowest BCUT2D eigenvalue weighted by Gasteiger charge is -2.25.